The lowest BCUT2D eigenvalue weighted by Gasteiger charge is -2.16. The zero-order chi connectivity index (χ0) is 17.0. The molecule has 0 fully saturated rings. The van der Waals surface area contributed by atoms with Gasteiger partial charge in [-0.25, -0.2) is 8.42 Å². The molecule has 7 heteroatoms. The van der Waals surface area contributed by atoms with Gasteiger partial charge in [-0.15, -0.1) is 0 Å². The van der Waals surface area contributed by atoms with Gasteiger partial charge < -0.3 is 5.32 Å². The quantitative estimate of drug-likeness (QED) is 0.813. The van der Waals surface area contributed by atoms with Crippen LogP contribution >= 0.6 is 15.9 Å². The number of sulfonamides is 1. The van der Waals surface area contributed by atoms with Crippen LogP contribution in [0.5, 0.6) is 0 Å². The van der Waals surface area contributed by atoms with Crippen molar-refractivity contribution in [3.8, 4) is 0 Å². The van der Waals surface area contributed by atoms with E-state index in [2.05, 4.69) is 26.0 Å². The number of hydrogen-bond acceptors (Lipinski definition) is 3. The first-order chi connectivity index (χ1) is 10.8. The maximum absolute atomic E-state index is 12.5. The molecule has 2 rings (SSSR count). The highest BCUT2D eigenvalue weighted by atomic mass is 79.9. The molecule has 0 aromatic heterocycles. The number of anilines is 1. The number of amides is 1. The van der Waals surface area contributed by atoms with Crippen molar-refractivity contribution in [2.24, 2.45) is 0 Å². The smallest absolute Gasteiger partial charge is 0.253 e. The third-order valence-electron chi connectivity index (χ3n) is 3.16. The van der Waals surface area contributed by atoms with E-state index in [9.17, 15) is 13.2 Å². The Hall–Kier alpha value is -1.86. The third kappa shape index (κ3) is 5.07. The van der Waals surface area contributed by atoms with Crippen LogP contribution in [0, 0.1) is 0 Å². The molecule has 122 valence electrons. The molecule has 23 heavy (non-hydrogen) atoms. The molecule has 0 radical (unpaired) electrons. The molecule has 0 aliphatic rings. The van der Waals surface area contributed by atoms with Crippen molar-refractivity contribution in [3.63, 3.8) is 0 Å². The maximum atomic E-state index is 12.5. The molecule has 0 aliphatic carbocycles. The van der Waals surface area contributed by atoms with Crippen LogP contribution in [-0.4, -0.2) is 20.6 Å². The summed E-state index contributed by atoms with van der Waals surface area (Å²) in [5, 5.41) is 2.87. The zero-order valence-electron chi connectivity index (χ0n) is 12.7. The summed E-state index contributed by atoms with van der Waals surface area (Å²) in [5.41, 5.74) is 1.48. The zero-order valence-corrected chi connectivity index (χ0v) is 15.1. The number of carbonyl (C=O) groups is 1. The van der Waals surface area contributed by atoms with Crippen molar-refractivity contribution < 1.29 is 13.2 Å². The minimum atomic E-state index is -3.46. The second kappa shape index (κ2) is 7.14. The van der Waals surface area contributed by atoms with Gasteiger partial charge in [0, 0.05) is 4.47 Å². The number of nitrogens with one attached hydrogen (secondary N) is 2. The summed E-state index contributed by atoms with van der Waals surface area (Å²) in [5.74, 6) is -0.343. The van der Waals surface area contributed by atoms with E-state index < -0.39 is 10.0 Å². The Balaban J connectivity index is 2.21. The fourth-order valence-corrected chi connectivity index (χ4v) is 3.10. The number of para-hydroxylation sites is 1. The van der Waals surface area contributed by atoms with Gasteiger partial charge in [-0.05, 0) is 36.8 Å². The minimum absolute atomic E-state index is 0.216. The average Bonchev–Trinajstić information content (AvgIpc) is 2.46. The van der Waals surface area contributed by atoms with Crippen molar-refractivity contribution >= 4 is 37.5 Å². The normalized spacial score (nSPS) is 12.5. The van der Waals surface area contributed by atoms with Gasteiger partial charge in [-0.1, -0.05) is 40.2 Å². The minimum Gasteiger partial charge on any atom is -0.345 e. The van der Waals surface area contributed by atoms with Crippen LogP contribution in [0.15, 0.2) is 53.0 Å². The predicted octanol–water partition coefficient (Wildman–Crippen LogP) is 3.31. The highest BCUT2D eigenvalue weighted by Gasteiger charge is 2.16. The fourth-order valence-electron chi connectivity index (χ4n) is 2.10. The third-order valence-corrected chi connectivity index (χ3v) is 4.25. The van der Waals surface area contributed by atoms with Gasteiger partial charge in [-0.2, -0.15) is 0 Å². The number of hydrogen-bond donors (Lipinski definition) is 2. The van der Waals surface area contributed by atoms with Crippen molar-refractivity contribution in [2.75, 3.05) is 11.0 Å². The van der Waals surface area contributed by atoms with Crippen LogP contribution in [0.25, 0.3) is 0 Å². The van der Waals surface area contributed by atoms with E-state index in [1.807, 2.05) is 31.2 Å². The lowest BCUT2D eigenvalue weighted by Crippen LogP contribution is -2.27. The molecule has 1 amide bonds. The fraction of sp³-hybridized carbons (Fsp3) is 0.188. The van der Waals surface area contributed by atoms with Gasteiger partial charge in [0.2, 0.25) is 10.0 Å². The summed E-state index contributed by atoms with van der Waals surface area (Å²) in [6, 6.07) is 13.9. The summed E-state index contributed by atoms with van der Waals surface area (Å²) in [7, 11) is -3.46. The van der Waals surface area contributed by atoms with E-state index in [4.69, 9.17) is 0 Å². The predicted molar refractivity (Wildman–Crippen MR) is 94.9 cm³/mol. The highest BCUT2D eigenvalue weighted by molar-refractivity contribution is 9.10. The second-order valence-corrected chi connectivity index (χ2v) is 7.83. The van der Waals surface area contributed by atoms with E-state index in [-0.39, 0.29) is 23.2 Å². The summed E-state index contributed by atoms with van der Waals surface area (Å²) in [6.45, 7) is 1.87. The first-order valence-electron chi connectivity index (χ1n) is 6.89. The number of halogens is 1. The highest BCUT2D eigenvalue weighted by Crippen LogP contribution is 2.20. The Morgan fingerprint density at radius 2 is 1.83 bits per heavy atom. The van der Waals surface area contributed by atoms with Crippen LogP contribution < -0.4 is 10.0 Å². The van der Waals surface area contributed by atoms with E-state index in [0.717, 1.165) is 16.3 Å². The van der Waals surface area contributed by atoms with E-state index in [1.165, 1.54) is 0 Å². The number of carbonyl (C=O) groups excluding carboxylic acids is 1. The Morgan fingerprint density at radius 3 is 2.48 bits per heavy atom. The van der Waals surface area contributed by atoms with Gasteiger partial charge in [0.25, 0.3) is 5.91 Å². The SMILES string of the molecule is C[C@H](NC(=O)c1ccccc1NS(C)(=O)=O)c1cccc(Br)c1. The van der Waals surface area contributed by atoms with Crippen LogP contribution in [-0.2, 0) is 10.0 Å². The lowest BCUT2D eigenvalue weighted by atomic mass is 10.1. The van der Waals surface area contributed by atoms with Crippen molar-refractivity contribution in [1.29, 1.82) is 0 Å². The van der Waals surface area contributed by atoms with Gasteiger partial charge >= 0.3 is 0 Å². The van der Waals surface area contributed by atoms with Crippen molar-refractivity contribution in [2.45, 2.75) is 13.0 Å². The molecule has 0 saturated heterocycles. The van der Waals surface area contributed by atoms with Gasteiger partial charge in [0.1, 0.15) is 0 Å². The molecule has 5 nitrogen and oxygen atoms in total. The van der Waals surface area contributed by atoms with Crippen molar-refractivity contribution in [3.05, 3.63) is 64.1 Å². The Bertz CT molecular complexity index is 822. The van der Waals surface area contributed by atoms with Crippen LogP contribution in [0.3, 0.4) is 0 Å². The van der Waals surface area contributed by atoms with E-state index in [1.54, 1.807) is 24.3 Å². The topological polar surface area (TPSA) is 75.3 Å². The average molecular weight is 397 g/mol. The molecular formula is C16H17BrN2O3S. The first-order valence-corrected chi connectivity index (χ1v) is 9.58. The Morgan fingerprint density at radius 1 is 1.13 bits per heavy atom. The molecule has 0 aliphatic heterocycles. The maximum Gasteiger partial charge on any atom is 0.253 e. The van der Waals surface area contributed by atoms with Gasteiger partial charge in [0.15, 0.2) is 0 Å². The van der Waals surface area contributed by atoms with Gasteiger partial charge in [0.05, 0.1) is 23.5 Å². The Kier molecular flexibility index (Phi) is 5.43. The molecule has 0 saturated carbocycles. The molecule has 1 atom stereocenters. The summed E-state index contributed by atoms with van der Waals surface area (Å²) < 4.78 is 26.1. The largest absolute Gasteiger partial charge is 0.345 e. The van der Waals surface area contributed by atoms with Crippen LogP contribution in [0.2, 0.25) is 0 Å². The molecule has 0 spiro atoms. The standard InChI is InChI=1S/C16H17BrN2O3S/c1-11(12-6-5-7-13(17)10-12)18-16(20)14-8-3-4-9-15(14)19-23(2,21)22/h3-11,19H,1-2H3,(H,18,20)/t11-/m0/s1. The lowest BCUT2D eigenvalue weighted by molar-refractivity contribution is 0.0941. The molecule has 0 bridgehead atoms. The number of rotatable bonds is 5. The molecule has 2 aromatic rings. The van der Waals surface area contributed by atoms with Gasteiger partial charge in [-0.3, -0.25) is 9.52 Å². The molecule has 2 aromatic carbocycles. The molecule has 0 heterocycles. The summed E-state index contributed by atoms with van der Waals surface area (Å²) >= 11 is 3.40. The van der Waals surface area contributed by atoms with Crippen LogP contribution in [0.4, 0.5) is 5.69 Å². The number of benzene rings is 2. The van der Waals surface area contributed by atoms with Crippen molar-refractivity contribution in [1.82, 2.24) is 5.32 Å². The Labute approximate surface area is 144 Å². The summed E-state index contributed by atoms with van der Waals surface area (Å²) in [6.07, 6.45) is 1.05. The van der Waals surface area contributed by atoms with Crippen LogP contribution in [0.1, 0.15) is 28.9 Å². The monoisotopic (exact) mass is 396 g/mol. The van der Waals surface area contributed by atoms with E-state index in [0.29, 0.717) is 0 Å². The first kappa shape index (κ1) is 17.5. The summed E-state index contributed by atoms with van der Waals surface area (Å²) in [4.78, 5) is 12.5. The molecular weight excluding hydrogens is 380 g/mol. The second-order valence-electron chi connectivity index (χ2n) is 5.17. The molecule has 0 unspecified atom stereocenters. The molecule has 2 N–H and O–H groups in total. The van der Waals surface area contributed by atoms with E-state index >= 15 is 0 Å².